The van der Waals surface area contributed by atoms with E-state index in [0.29, 0.717) is 37.7 Å². The molecule has 1 aromatic carbocycles. The van der Waals surface area contributed by atoms with Gasteiger partial charge in [-0.3, -0.25) is 4.79 Å². The minimum Gasteiger partial charge on any atom is -0.493 e. The third-order valence-electron chi connectivity index (χ3n) is 5.10. The molecule has 1 aromatic heterocycles. The van der Waals surface area contributed by atoms with Crippen LogP contribution in [0.25, 0.3) is 0 Å². The Balaban J connectivity index is 1.45. The lowest BCUT2D eigenvalue weighted by atomic mass is 10.1. The predicted molar refractivity (Wildman–Crippen MR) is 118 cm³/mol. The fourth-order valence-corrected chi connectivity index (χ4v) is 4.76. The Morgan fingerprint density at radius 1 is 1.06 bits per heavy atom. The van der Waals surface area contributed by atoms with Crippen molar-refractivity contribution < 1.29 is 22.7 Å². The van der Waals surface area contributed by atoms with Gasteiger partial charge in [0.25, 0.3) is 0 Å². The van der Waals surface area contributed by atoms with Crippen molar-refractivity contribution in [3.63, 3.8) is 0 Å². The van der Waals surface area contributed by atoms with Gasteiger partial charge in [-0.05, 0) is 29.8 Å². The minimum absolute atomic E-state index is 0.0644. The zero-order chi connectivity index (χ0) is 22.3. The highest BCUT2D eigenvalue weighted by atomic mass is 32.2. The number of aromatic nitrogens is 1. The largest absolute Gasteiger partial charge is 0.493 e. The molecule has 1 N–H and O–H groups in total. The van der Waals surface area contributed by atoms with Crippen LogP contribution < -0.4 is 19.7 Å². The molecule has 9 nitrogen and oxygen atoms in total. The van der Waals surface area contributed by atoms with Crippen LogP contribution in [0.5, 0.6) is 11.5 Å². The average Bonchev–Trinajstić information content (AvgIpc) is 2.79. The molecule has 1 aliphatic rings. The number of ether oxygens (including phenoxy) is 2. The smallest absolute Gasteiger partial charge is 0.224 e. The number of hydrogen-bond donors (Lipinski definition) is 1. The van der Waals surface area contributed by atoms with Gasteiger partial charge in [-0.2, -0.15) is 4.31 Å². The number of rotatable bonds is 9. The molecule has 3 rings (SSSR count). The van der Waals surface area contributed by atoms with Gasteiger partial charge in [-0.1, -0.05) is 12.1 Å². The van der Waals surface area contributed by atoms with Gasteiger partial charge in [-0.25, -0.2) is 13.4 Å². The van der Waals surface area contributed by atoms with E-state index < -0.39 is 10.0 Å². The zero-order valence-corrected chi connectivity index (χ0v) is 18.6. The van der Waals surface area contributed by atoms with Crippen LogP contribution in [0.3, 0.4) is 0 Å². The van der Waals surface area contributed by atoms with Gasteiger partial charge >= 0.3 is 0 Å². The Morgan fingerprint density at radius 2 is 1.81 bits per heavy atom. The van der Waals surface area contributed by atoms with Crippen molar-refractivity contribution in [2.24, 2.45) is 0 Å². The number of piperazine rings is 1. The third-order valence-corrected chi connectivity index (χ3v) is 6.97. The Bertz CT molecular complexity index is 977. The molecular formula is C21H28N4O5S. The van der Waals surface area contributed by atoms with Crippen LogP contribution in [-0.4, -0.2) is 76.3 Å². The number of nitrogens with one attached hydrogen (secondary N) is 1. The first kappa shape index (κ1) is 22.8. The Kier molecular flexibility index (Phi) is 7.69. The van der Waals surface area contributed by atoms with Crippen LogP contribution in [0.4, 0.5) is 5.82 Å². The highest BCUT2D eigenvalue weighted by molar-refractivity contribution is 7.89. The minimum atomic E-state index is -3.44. The van der Waals surface area contributed by atoms with Crippen molar-refractivity contribution in [1.82, 2.24) is 14.6 Å². The number of anilines is 1. The summed E-state index contributed by atoms with van der Waals surface area (Å²) in [5.41, 5.74) is 0.753. The maximum absolute atomic E-state index is 12.6. The van der Waals surface area contributed by atoms with Crippen molar-refractivity contribution in [3.8, 4) is 11.5 Å². The number of benzene rings is 1. The molecule has 0 aliphatic carbocycles. The maximum Gasteiger partial charge on any atom is 0.224 e. The second-order valence-electron chi connectivity index (χ2n) is 7.11. The number of carbonyl (C=O) groups excluding carboxylic acids is 1. The Labute approximate surface area is 183 Å². The van der Waals surface area contributed by atoms with Crippen LogP contribution in [-0.2, 0) is 21.2 Å². The van der Waals surface area contributed by atoms with E-state index in [-0.39, 0.29) is 24.6 Å². The molecule has 1 saturated heterocycles. The van der Waals surface area contributed by atoms with Crippen molar-refractivity contribution >= 4 is 21.7 Å². The summed E-state index contributed by atoms with van der Waals surface area (Å²) in [5, 5.41) is 2.69. The van der Waals surface area contributed by atoms with E-state index in [1.54, 1.807) is 31.5 Å². The Morgan fingerprint density at radius 3 is 2.45 bits per heavy atom. The summed E-state index contributed by atoms with van der Waals surface area (Å²) in [6.07, 6.45) is 1.85. The number of sulfonamides is 1. The standard InChI is InChI=1S/C21H28N4O5S/c1-29-18-7-6-17(15-19(18)30-2)16-21(26)23-9-14-31(27,28)25-12-10-24(11-13-25)20-5-3-4-8-22-20/h3-8,15H,9-14,16H2,1-2H3,(H,23,26). The highest BCUT2D eigenvalue weighted by Crippen LogP contribution is 2.27. The van der Waals surface area contributed by atoms with Crippen LogP contribution >= 0.6 is 0 Å². The number of amides is 1. The normalized spacial score (nSPS) is 14.8. The van der Waals surface area contributed by atoms with Crippen LogP contribution in [0, 0.1) is 0 Å². The number of nitrogens with zero attached hydrogens (tertiary/aromatic N) is 3. The fourth-order valence-electron chi connectivity index (χ4n) is 3.42. The van der Waals surface area contributed by atoms with Gasteiger partial charge in [0.1, 0.15) is 5.82 Å². The third kappa shape index (κ3) is 6.08. The van der Waals surface area contributed by atoms with E-state index in [1.807, 2.05) is 18.2 Å². The molecule has 0 bridgehead atoms. The summed E-state index contributed by atoms with van der Waals surface area (Å²) >= 11 is 0. The highest BCUT2D eigenvalue weighted by Gasteiger charge is 2.27. The lowest BCUT2D eigenvalue weighted by molar-refractivity contribution is -0.120. The number of methoxy groups -OCH3 is 2. The van der Waals surface area contributed by atoms with Gasteiger partial charge in [0.2, 0.25) is 15.9 Å². The van der Waals surface area contributed by atoms with Gasteiger partial charge in [0.15, 0.2) is 11.5 Å². The summed E-state index contributed by atoms with van der Waals surface area (Å²) in [6.45, 7) is 2.04. The molecule has 2 heterocycles. The quantitative estimate of drug-likeness (QED) is 0.608. The molecule has 0 saturated carbocycles. The number of carbonyl (C=O) groups is 1. The Hall–Kier alpha value is -2.85. The van der Waals surface area contributed by atoms with E-state index in [1.165, 1.54) is 11.4 Å². The molecule has 1 aliphatic heterocycles. The van der Waals surface area contributed by atoms with Gasteiger partial charge in [-0.15, -0.1) is 0 Å². The van der Waals surface area contributed by atoms with Crippen LogP contribution in [0.15, 0.2) is 42.6 Å². The summed E-state index contributed by atoms with van der Waals surface area (Å²) in [7, 11) is -0.367. The molecule has 1 fully saturated rings. The van der Waals surface area contributed by atoms with Crippen LogP contribution in [0.2, 0.25) is 0 Å². The topological polar surface area (TPSA) is 101 Å². The molecule has 31 heavy (non-hydrogen) atoms. The molecule has 1 amide bonds. The monoisotopic (exact) mass is 448 g/mol. The second kappa shape index (κ2) is 10.5. The lowest BCUT2D eigenvalue weighted by Crippen LogP contribution is -2.50. The molecular weight excluding hydrogens is 420 g/mol. The molecule has 10 heteroatoms. The van der Waals surface area contributed by atoms with Crippen molar-refractivity contribution in [2.45, 2.75) is 6.42 Å². The number of hydrogen-bond acceptors (Lipinski definition) is 7. The molecule has 168 valence electrons. The van der Waals surface area contributed by atoms with Gasteiger partial charge < -0.3 is 19.7 Å². The lowest BCUT2D eigenvalue weighted by Gasteiger charge is -2.34. The van der Waals surface area contributed by atoms with Crippen molar-refractivity contribution in [3.05, 3.63) is 48.2 Å². The summed E-state index contributed by atoms with van der Waals surface area (Å²) in [5.74, 6) is 1.60. The zero-order valence-electron chi connectivity index (χ0n) is 17.8. The maximum atomic E-state index is 12.6. The van der Waals surface area contributed by atoms with E-state index in [2.05, 4.69) is 15.2 Å². The molecule has 0 unspecified atom stereocenters. The molecule has 0 radical (unpaired) electrons. The second-order valence-corrected chi connectivity index (χ2v) is 9.19. The van der Waals surface area contributed by atoms with Gasteiger partial charge in [0.05, 0.1) is 26.4 Å². The first-order valence-corrected chi connectivity index (χ1v) is 11.7. The fraction of sp³-hybridized carbons (Fsp3) is 0.429. The van der Waals surface area contributed by atoms with Gasteiger partial charge in [0, 0.05) is 38.9 Å². The van der Waals surface area contributed by atoms with Crippen LogP contribution in [0.1, 0.15) is 5.56 Å². The van der Waals surface area contributed by atoms with Crippen molar-refractivity contribution in [2.75, 3.05) is 57.6 Å². The summed E-state index contributed by atoms with van der Waals surface area (Å²) in [4.78, 5) is 18.6. The summed E-state index contributed by atoms with van der Waals surface area (Å²) in [6, 6.07) is 10.9. The SMILES string of the molecule is COc1ccc(CC(=O)NCCS(=O)(=O)N2CCN(c3ccccn3)CC2)cc1OC. The first-order valence-electron chi connectivity index (χ1n) is 10.0. The predicted octanol–water partition coefficient (Wildman–Crippen LogP) is 0.910. The molecule has 2 aromatic rings. The summed E-state index contributed by atoms with van der Waals surface area (Å²) < 4.78 is 37.2. The number of pyridine rings is 1. The molecule has 0 atom stereocenters. The van der Waals surface area contributed by atoms with E-state index in [0.717, 1.165) is 11.4 Å². The van der Waals surface area contributed by atoms with E-state index >= 15 is 0 Å². The molecule has 0 spiro atoms. The average molecular weight is 449 g/mol. The van der Waals surface area contributed by atoms with E-state index in [4.69, 9.17) is 9.47 Å². The van der Waals surface area contributed by atoms with E-state index in [9.17, 15) is 13.2 Å². The first-order chi connectivity index (χ1) is 14.9. The van der Waals surface area contributed by atoms with Crippen molar-refractivity contribution in [1.29, 1.82) is 0 Å².